The van der Waals surface area contributed by atoms with Gasteiger partial charge in [-0.05, 0) is 55.1 Å². The second-order valence-corrected chi connectivity index (χ2v) is 7.52. The third-order valence-corrected chi connectivity index (χ3v) is 5.21. The average Bonchev–Trinajstić information content (AvgIpc) is 3.01. The zero-order valence-electron chi connectivity index (χ0n) is 14.4. The van der Waals surface area contributed by atoms with Crippen LogP contribution in [0, 0.1) is 6.92 Å². The van der Waals surface area contributed by atoms with Crippen LogP contribution < -0.4 is 10.1 Å². The van der Waals surface area contributed by atoms with Gasteiger partial charge in [0, 0.05) is 16.6 Å². The maximum Gasteiger partial charge on any atom is 0.290 e. The molecule has 1 amide bonds. The Kier molecular flexibility index (Phi) is 6.02. The summed E-state index contributed by atoms with van der Waals surface area (Å²) >= 11 is 1.55. The van der Waals surface area contributed by atoms with Gasteiger partial charge < -0.3 is 4.74 Å². The first kappa shape index (κ1) is 19.2. The third-order valence-electron chi connectivity index (χ3n) is 3.60. The average molecular weight is 407 g/mol. The highest BCUT2D eigenvalue weighted by atomic mass is 32.2. The maximum absolute atomic E-state index is 12.7. The number of nitrogens with zero attached hydrogens (tertiary/aromatic N) is 2. The van der Waals surface area contributed by atoms with Gasteiger partial charge in [0.1, 0.15) is 10.8 Å². The van der Waals surface area contributed by atoms with E-state index in [-0.39, 0.29) is 22.4 Å². The second kappa shape index (κ2) is 8.45. The Labute approximate surface area is 162 Å². The molecule has 0 bridgehead atoms. The number of aryl methyl sites for hydroxylation is 1. The fraction of sp³-hybridized carbons (Fsp3) is 0.167. The van der Waals surface area contributed by atoms with E-state index in [4.69, 9.17) is 4.74 Å². The van der Waals surface area contributed by atoms with Gasteiger partial charge in [0.05, 0.1) is 18.4 Å². The van der Waals surface area contributed by atoms with E-state index in [0.29, 0.717) is 5.13 Å². The normalized spacial score (nSPS) is 10.9. The summed E-state index contributed by atoms with van der Waals surface area (Å²) in [6, 6.07) is 10.4. The van der Waals surface area contributed by atoms with Gasteiger partial charge in [0.25, 0.3) is 11.7 Å². The molecule has 0 atom stereocenters. The molecule has 0 aliphatic carbocycles. The molecule has 0 saturated heterocycles. The summed E-state index contributed by atoms with van der Waals surface area (Å²) in [6.45, 7) is 1.90. The first-order valence-electron chi connectivity index (χ1n) is 7.81. The van der Waals surface area contributed by atoms with Crippen molar-refractivity contribution in [3.63, 3.8) is 0 Å². The van der Waals surface area contributed by atoms with E-state index in [1.54, 1.807) is 7.11 Å². The lowest BCUT2D eigenvalue weighted by atomic mass is 10.1. The van der Waals surface area contributed by atoms with Crippen molar-refractivity contribution in [2.75, 3.05) is 12.4 Å². The zero-order chi connectivity index (χ0) is 19.4. The molecule has 0 saturated carbocycles. The van der Waals surface area contributed by atoms with Crippen LogP contribution in [-0.4, -0.2) is 28.7 Å². The van der Waals surface area contributed by atoms with E-state index in [2.05, 4.69) is 15.3 Å². The molecule has 3 aromatic rings. The number of alkyl halides is 2. The van der Waals surface area contributed by atoms with Gasteiger partial charge in [-0.1, -0.05) is 0 Å². The van der Waals surface area contributed by atoms with Gasteiger partial charge >= 0.3 is 0 Å². The number of pyridine rings is 1. The fourth-order valence-corrected chi connectivity index (χ4v) is 3.78. The number of aromatic nitrogens is 2. The van der Waals surface area contributed by atoms with E-state index in [1.165, 1.54) is 29.7 Å². The number of rotatable bonds is 6. The van der Waals surface area contributed by atoms with Crippen molar-refractivity contribution < 1.29 is 18.3 Å². The molecule has 27 heavy (non-hydrogen) atoms. The van der Waals surface area contributed by atoms with Crippen LogP contribution in [0.25, 0.3) is 11.3 Å². The predicted molar refractivity (Wildman–Crippen MR) is 103 cm³/mol. The topological polar surface area (TPSA) is 64.1 Å². The minimum absolute atomic E-state index is 0.0198. The maximum atomic E-state index is 12.7. The number of carbonyl (C=O) groups excluding carboxylic acids is 1. The molecular weight excluding hydrogens is 392 g/mol. The zero-order valence-corrected chi connectivity index (χ0v) is 16.0. The number of anilines is 1. The lowest BCUT2D eigenvalue weighted by Crippen LogP contribution is -2.13. The molecule has 140 valence electrons. The quantitative estimate of drug-likeness (QED) is 0.577. The molecule has 9 heteroatoms. The van der Waals surface area contributed by atoms with Crippen LogP contribution in [0.2, 0.25) is 0 Å². The highest BCUT2D eigenvalue weighted by Crippen LogP contribution is 2.32. The molecule has 0 radical (unpaired) electrons. The number of methoxy groups -OCH3 is 1. The minimum Gasteiger partial charge on any atom is -0.497 e. The summed E-state index contributed by atoms with van der Waals surface area (Å²) in [7, 11) is 1.59. The van der Waals surface area contributed by atoms with Crippen LogP contribution in [0.5, 0.6) is 5.75 Å². The standard InChI is InChI=1S/C18H15F2N3O2S2/c1-10-14(11-5-7-12(25-2)8-6-11)22-18(26-10)23-15(24)13-4-3-9-21-16(13)27-17(19)20/h3-9,17H,1-2H3,(H,22,23,24). The largest absolute Gasteiger partial charge is 0.497 e. The molecule has 0 aliphatic heterocycles. The number of hydrogen-bond acceptors (Lipinski definition) is 6. The predicted octanol–water partition coefficient (Wildman–Crippen LogP) is 5.09. The van der Waals surface area contributed by atoms with Gasteiger partial charge in [-0.25, -0.2) is 9.97 Å². The number of hydrogen-bond donors (Lipinski definition) is 1. The van der Waals surface area contributed by atoms with Crippen LogP contribution in [0.15, 0.2) is 47.6 Å². The number of thioether (sulfide) groups is 1. The Bertz CT molecular complexity index is 946. The van der Waals surface area contributed by atoms with E-state index in [1.807, 2.05) is 31.2 Å². The molecule has 0 fully saturated rings. The Morgan fingerprint density at radius 3 is 2.67 bits per heavy atom. The minimum atomic E-state index is -2.66. The summed E-state index contributed by atoms with van der Waals surface area (Å²) in [5.41, 5.74) is 1.72. The smallest absolute Gasteiger partial charge is 0.290 e. The number of halogens is 2. The summed E-state index contributed by atoms with van der Waals surface area (Å²) in [4.78, 5) is 21.7. The summed E-state index contributed by atoms with van der Waals surface area (Å²) in [5.74, 6) is -2.45. The van der Waals surface area contributed by atoms with Crippen molar-refractivity contribution in [2.24, 2.45) is 0 Å². The van der Waals surface area contributed by atoms with Crippen molar-refractivity contribution in [3.8, 4) is 17.0 Å². The molecule has 1 aromatic carbocycles. The molecule has 1 N–H and O–H groups in total. The molecule has 0 unspecified atom stereocenters. The van der Waals surface area contributed by atoms with Crippen molar-refractivity contribution in [3.05, 3.63) is 53.0 Å². The molecule has 0 aliphatic rings. The molecule has 3 rings (SSSR count). The van der Waals surface area contributed by atoms with Crippen LogP contribution >= 0.6 is 23.1 Å². The molecule has 5 nitrogen and oxygen atoms in total. The first-order valence-corrected chi connectivity index (χ1v) is 9.50. The van der Waals surface area contributed by atoms with Gasteiger partial charge in [0.2, 0.25) is 0 Å². The lowest BCUT2D eigenvalue weighted by Gasteiger charge is -2.06. The fourth-order valence-electron chi connectivity index (χ4n) is 2.37. The summed E-state index contributed by atoms with van der Waals surface area (Å²) in [5, 5.41) is 3.04. The summed E-state index contributed by atoms with van der Waals surface area (Å²) < 4.78 is 30.5. The van der Waals surface area contributed by atoms with Crippen LogP contribution in [-0.2, 0) is 0 Å². The number of carbonyl (C=O) groups is 1. The molecular formula is C18H15F2N3O2S2. The number of amides is 1. The van der Waals surface area contributed by atoms with E-state index in [9.17, 15) is 13.6 Å². The van der Waals surface area contributed by atoms with Crippen molar-refractivity contribution in [1.82, 2.24) is 9.97 Å². The van der Waals surface area contributed by atoms with E-state index < -0.39 is 11.7 Å². The van der Waals surface area contributed by atoms with Crippen LogP contribution in [0.1, 0.15) is 15.2 Å². The van der Waals surface area contributed by atoms with Gasteiger partial charge in [-0.2, -0.15) is 8.78 Å². The Morgan fingerprint density at radius 2 is 2.00 bits per heavy atom. The van der Waals surface area contributed by atoms with E-state index in [0.717, 1.165) is 21.9 Å². The summed E-state index contributed by atoms with van der Waals surface area (Å²) in [6.07, 6.45) is 1.37. The second-order valence-electron chi connectivity index (χ2n) is 5.34. The highest BCUT2D eigenvalue weighted by molar-refractivity contribution is 7.99. The number of benzene rings is 1. The van der Waals surface area contributed by atoms with Crippen LogP contribution in [0.4, 0.5) is 13.9 Å². The van der Waals surface area contributed by atoms with Crippen molar-refractivity contribution in [2.45, 2.75) is 17.7 Å². The Hall–Kier alpha value is -2.52. The molecule has 0 spiro atoms. The first-order chi connectivity index (χ1) is 13.0. The van der Waals surface area contributed by atoms with Gasteiger partial charge in [-0.3, -0.25) is 10.1 Å². The SMILES string of the molecule is COc1ccc(-c2nc(NC(=O)c3cccnc3SC(F)F)sc2C)cc1. The number of nitrogens with one attached hydrogen (secondary N) is 1. The number of ether oxygens (including phenoxy) is 1. The van der Waals surface area contributed by atoms with Crippen molar-refractivity contribution in [1.29, 1.82) is 0 Å². The van der Waals surface area contributed by atoms with Gasteiger partial charge in [-0.15, -0.1) is 11.3 Å². The van der Waals surface area contributed by atoms with Crippen molar-refractivity contribution >= 4 is 34.1 Å². The van der Waals surface area contributed by atoms with E-state index >= 15 is 0 Å². The molecule has 2 heterocycles. The molecule has 2 aromatic heterocycles. The monoisotopic (exact) mass is 407 g/mol. The lowest BCUT2D eigenvalue weighted by molar-refractivity contribution is 0.102. The van der Waals surface area contributed by atoms with Crippen LogP contribution in [0.3, 0.4) is 0 Å². The highest BCUT2D eigenvalue weighted by Gasteiger charge is 2.19. The Morgan fingerprint density at radius 1 is 1.26 bits per heavy atom. The Balaban J connectivity index is 1.81. The third kappa shape index (κ3) is 4.61. The number of thiazole rings is 1. The van der Waals surface area contributed by atoms with Gasteiger partial charge in [0.15, 0.2) is 5.13 Å².